The van der Waals surface area contributed by atoms with Crippen molar-refractivity contribution in [2.75, 3.05) is 26.8 Å². The second kappa shape index (κ2) is 11.6. The molecule has 6 rings (SSSR count). The number of amides is 2. The van der Waals surface area contributed by atoms with Crippen LogP contribution in [0.2, 0.25) is 0 Å². The van der Waals surface area contributed by atoms with Gasteiger partial charge in [0.15, 0.2) is 0 Å². The molecule has 0 aromatic heterocycles. The number of rotatable bonds is 7. The largest absolute Gasteiger partial charge is 0.497 e. The predicted octanol–water partition coefficient (Wildman–Crippen LogP) is 6.85. The number of fused-ring (bicyclic) bond motifs is 1. The van der Waals surface area contributed by atoms with Crippen LogP contribution in [0.25, 0.3) is 0 Å². The maximum absolute atomic E-state index is 14.0. The van der Waals surface area contributed by atoms with Crippen LogP contribution in [-0.2, 0) is 17.6 Å². The van der Waals surface area contributed by atoms with Crippen molar-refractivity contribution >= 4 is 12.0 Å². The Balaban J connectivity index is 1.16. The molecule has 0 radical (unpaired) electrons. The van der Waals surface area contributed by atoms with E-state index in [4.69, 9.17) is 14.2 Å². The van der Waals surface area contributed by atoms with Gasteiger partial charge in [0.05, 0.1) is 19.8 Å². The molecule has 2 heterocycles. The van der Waals surface area contributed by atoms with Crippen LogP contribution in [-0.4, -0.2) is 59.7 Å². The van der Waals surface area contributed by atoms with Gasteiger partial charge >= 0.3 is 6.09 Å². The number of likely N-dealkylation sites (tertiary alicyclic amines) is 1. The topological polar surface area (TPSA) is 68.3 Å². The summed E-state index contributed by atoms with van der Waals surface area (Å²) in [5.74, 6) is 2.04. The molecule has 2 fully saturated rings. The van der Waals surface area contributed by atoms with E-state index in [1.54, 1.807) is 12.0 Å². The Morgan fingerprint density at radius 2 is 1.67 bits per heavy atom. The Morgan fingerprint density at radius 1 is 0.953 bits per heavy atom. The van der Waals surface area contributed by atoms with Crippen LogP contribution < -0.4 is 9.47 Å². The van der Waals surface area contributed by atoms with Crippen molar-refractivity contribution in [3.63, 3.8) is 0 Å². The smallest absolute Gasteiger partial charge is 0.410 e. The first kappa shape index (κ1) is 29.1. The minimum absolute atomic E-state index is 0.0750. The third kappa shape index (κ3) is 6.36. The zero-order valence-corrected chi connectivity index (χ0v) is 25.7. The van der Waals surface area contributed by atoms with Gasteiger partial charge in [0.2, 0.25) is 0 Å². The first-order chi connectivity index (χ1) is 20.6. The third-order valence-corrected chi connectivity index (χ3v) is 8.89. The van der Waals surface area contributed by atoms with Crippen LogP contribution in [0.3, 0.4) is 0 Å². The van der Waals surface area contributed by atoms with Gasteiger partial charge in [0.1, 0.15) is 17.1 Å². The van der Waals surface area contributed by atoms with Gasteiger partial charge in [-0.1, -0.05) is 36.4 Å². The molecule has 0 bridgehead atoms. The minimum Gasteiger partial charge on any atom is -0.497 e. The fourth-order valence-corrected chi connectivity index (χ4v) is 6.56. The maximum atomic E-state index is 14.0. The van der Waals surface area contributed by atoms with Crippen LogP contribution >= 0.6 is 0 Å². The van der Waals surface area contributed by atoms with E-state index >= 15 is 0 Å². The van der Waals surface area contributed by atoms with Crippen molar-refractivity contribution in [3.8, 4) is 11.5 Å². The van der Waals surface area contributed by atoms with E-state index < -0.39 is 5.60 Å². The fourth-order valence-electron chi connectivity index (χ4n) is 6.56. The molecule has 2 aliphatic heterocycles. The van der Waals surface area contributed by atoms with Crippen LogP contribution in [0, 0.1) is 5.92 Å². The van der Waals surface area contributed by atoms with Gasteiger partial charge in [-0.2, -0.15) is 0 Å². The molecule has 7 nitrogen and oxygen atoms in total. The van der Waals surface area contributed by atoms with Crippen molar-refractivity contribution in [1.82, 2.24) is 9.80 Å². The molecule has 2 atom stereocenters. The second-order valence-corrected chi connectivity index (χ2v) is 13.3. The summed E-state index contributed by atoms with van der Waals surface area (Å²) in [6.45, 7) is 7.55. The van der Waals surface area contributed by atoms with Crippen molar-refractivity contribution in [2.24, 2.45) is 5.92 Å². The van der Waals surface area contributed by atoms with Gasteiger partial charge in [-0.15, -0.1) is 0 Å². The predicted molar refractivity (Wildman–Crippen MR) is 166 cm³/mol. The number of hydrogen-bond acceptors (Lipinski definition) is 5. The molecule has 3 aromatic carbocycles. The fraction of sp³-hybridized carbons (Fsp3) is 0.444. The van der Waals surface area contributed by atoms with Gasteiger partial charge < -0.3 is 24.0 Å². The van der Waals surface area contributed by atoms with Gasteiger partial charge in [-0.3, -0.25) is 4.79 Å². The third-order valence-electron chi connectivity index (χ3n) is 8.89. The molecule has 7 heteroatoms. The van der Waals surface area contributed by atoms with E-state index in [0.29, 0.717) is 26.1 Å². The summed E-state index contributed by atoms with van der Waals surface area (Å²) in [4.78, 5) is 30.4. The molecule has 1 spiro atoms. The van der Waals surface area contributed by atoms with Crippen molar-refractivity contribution in [1.29, 1.82) is 0 Å². The molecular weight excluding hydrogens is 540 g/mol. The number of carbonyl (C=O) groups excluding carboxylic acids is 2. The van der Waals surface area contributed by atoms with Crippen molar-refractivity contribution in [3.05, 3.63) is 95.1 Å². The monoisotopic (exact) mass is 582 g/mol. The Labute approximate surface area is 254 Å². The lowest BCUT2D eigenvalue weighted by Gasteiger charge is -2.44. The first-order valence-electron chi connectivity index (χ1n) is 15.4. The zero-order valence-electron chi connectivity index (χ0n) is 25.7. The van der Waals surface area contributed by atoms with Gasteiger partial charge in [0.25, 0.3) is 5.91 Å². The highest BCUT2D eigenvalue weighted by molar-refractivity contribution is 5.95. The maximum Gasteiger partial charge on any atom is 0.410 e. The van der Waals surface area contributed by atoms with Gasteiger partial charge in [0, 0.05) is 30.1 Å². The SMILES string of the molecule is COc1ccc2c(c1)CC1(CC1)N(C(=O)c1ccccc1)C2Cc1ccc(OCC2CCN(C(=O)OC(C)(C)C)C2)cc1. The summed E-state index contributed by atoms with van der Waals surface area (Å²) in [6, 6.07) is 24.1. The lowest BCUT2D eigenvalue weighted by molar-refractivity contribution is 0.0284. The lowest BCUT2D eigenvalue weighted by Crippen LogP contribution is -2.50. The van der Waals surface area contributed by atoms with Gasteiger partial charge in [-0.05, 0) is 106 Å². The molecule has 2 amide bonds. The van der Waals surface area contributed by atoms with E-state index in [0.717, 1.165) is 48.3 Å². The van der Waals surface area contributed by atoms with E-state index in [-0.39, 0.29) is 29.5 Å². The molecule has 1 saturated heterocycles. The summed E-state index contributed by atoms with van der Waals surface area (Å²) in [6.07, 6.45) is 4.24. The van der Waals surface area contributed by atoms with Crippen LogP contribution in [0.1, 0.15) is 73.1 Å². The molecule has 1 saturated carbocycles. The highest BCUT2D eigenvalue weighted by Crippen LogP contribution is 2.54. The second-order valence-electron chi connectivity index (χ2n) is 13.3. The summed E-state index contributed by atoms with van der Waals surface area (Å²) in [5, 5.41) is 0. The highest BCUT2D eigenvalue weighted by atomic mass is 16.6. The summed E-state index contributed by atoms with van der Waals surface area (Å²) in [7, 11) is 1.70. The number of hydrogen-bond donors (Lipinski definition) is 0. The van der Waals surface area contributed by atoms with E-state index in [2.05, 4.69) is 29.2 Å². The summed E-state index contributed by atoms with van der Waals surface area (Å²) in [5.41, 5.74) is 3.71. The average Bonchev–Trinajstić information content (AvgIpc) is 3.57. The van der Waals surface area contributed by atoms with E-state index in [9.17, 15) is 9.59 Å². The minimum atomic E-state index is -0.495. The molecule has 3 aliphatic rings. The van der Waals surface area contributed by atoms with E-state index in [1.165, 1.54) is 11.1 Å². The van der Waals surface area contributed by atoms with E-state index in [1.807, 2.05) is 69.3 Å². The number of benzene rings is 3. The molecule has 226 valence electrons. The van der Waals surface area contributed by atoms with Crippen LogP contribution in [0.4, 0.5) is 4.79 Å². The Kier molecular flexibility index (Phi) is 7.84. The molecule has 2 unspecified atom stereocenters. The number of ether oxygens (including phenoxy) is 3. The zero-order chi connectivity index (χ0) is 30.2. The molecule has 43 heavy (non-hydrogen) atoms. The van der Waals surface area contributed by atoms with Crippen molar-refractivity contribution in [2.45, 2.75) is 70.1 Å². The Morgan fingerprint density at radius 3 is 2.35 bits per heavy atom. The number of nitrogens with zero attached hydrogens (tertiary/aromatic N) is 2. The highest BCUT2D eigenvalue weighted by Gasteiger charge is 2.55. The normalized spacial score (nSPS) is 20.5. The molecule has 1 aliphatic carbocycles. The Hall–Kier alpha value is -4.00. The molecule has 0 N–H and O–H groups in total. The summed E-state index contributed by atoms with van der Waals surface area (Å²) < 4.78 is 17.2. The Bertz CT molecular complexity index is 1460. The lowest BCUT2D eigenvalue weighted by atomic mass is 9.83. The average molecular weight is 583 g/mol. The van der Waals surface area contributed by atoms with Crippen LogP contribution in [0.15, 0.2) is 72.8 Å². The first-order valence-corrected chi connectivity index (χ1v) is 15.4. The molecular formula is C36H42N2O5. The van der Waals surface area contributed by atoms with Gasteiger partial charge in [-0.25, -0.2) is 4.79 Å². The standard InChI is InChI=1S/C36H42N2O5/c1-35(2,3)43-34(40)37-19-16-26(23-37)24-42-29-12-10-25(11-13-29)20-32-31-15-14-30(41-4)21-28(31)22-36(17-18-36)38(32)33(39)27-8-6-5-7-9-27/h5-15,21,26,32H,16-20,22-24H2,1-4H3. The quantitative estimate of drug-likeness (QED) is 0.305. The number of carbonyl (C=O) groups is 2. The number of methoxy groups -OCH3 is 1. The van der Waals surface area contributed by atoms with Crippen LogP contribution in [0.5, 0.6) is 11.5 Å². The summed E-state index contributed by atoms with van der Waals surface area (Å²) >= 11 is 0. The molecule has 3 aromatic rings. The van der Waals surface area contributed by atoms with Crippen molar-refractivity contribution < 1.29 is 23.8 Å².